The van der Waals surface area contributed by atoms with Gasteiger partial charge in [-0.05, 0) is 38.1 Å². The van der Waals surface area contributed by atoms with Gasteiger partial charge in [0, 0.05) is 11.4 Å². The molecule has 1 saturated heterocycles. The second-order valence-corrected chi connectivity index (χ2v) is 6.14. The lowest BCUT2D eigenvalue weighted by Crippen LogP contribution is -2.21. The summed E-state index contributed by atoms with van der Waals surface area (Å²) in [7, 11) is 0. The Hall–Kier alpha value is -1.59. The van der Waals surface area contributed by atoms with Crippen LogP contribution >= 0.6 is 11.8 Å². The molecule has 21 heavy (non-hydrogen) atoms. The molecule has 0 radical (unpaired) electrons. The maximum absolute atomic E-state index is 4.43. The first kappa shape index (κ1) is 14.4. The van der Waals surface area contributed by atoms with E-state index >= 15 is 0 Å². The van der Waals surface area contributed by atoms with E-state index in [1.54, 1.807) is 11.8 Å². The van der Waals surface area contributed by atoms with Crippen LogP contribution in [0.4, 0.5) is 0 Å². The normalized spacial score (nSPS) is 15.4. The molecule has 5 heteroatoms. The summed E-state index contributed by atoms with van der Waals surface area (Å²) in [5, 5.41) is 9.74. The molecule has 1 fully saturated rings. The molecule has 4 nitrogen and oxygen atoms in total. The summed E-state index contributed by atoms with van der Waals surface area (Å²) >= 11 is 1.67. The zero-order valence-electron chi connectivity index (χ0n) is 12.1. The van der Waals surface area contributed by atoms with Gasteiger partial charge in [-0.15, -0.1) is 16.8 Å². The van der Waals surface area contributed by atoms with Crippen molar-refractivity contribution in [3.05, 3.63) is 48.8 Å². The van der Waals surface area contributed by atoms with E-state index in [-0.39, 0.29) is 0 Å². The lowest BCUT2D eigenvalue weighted by molar-refractivity contribution is 0.319. The maximum Gasteiger partial charge on any atom is 0.196 e. The summed E-state index contributed by atoms with van der Waals surface area (Å²) < 4.78 is 2.17. The van der Waals surface area contributed by atoms with Crippen LogP contribution in [0.2, 0.25) is 0 Å². The second kappa shape index (κ2) is 6.91. The van der Waals surface area contributed by atoms with E-state index in [2.05, 4.69) is 50.5 Å². The lowest BCUT2D eigenvalue weighted by Gasteiger charge is -2.15. The van der Waals surface area contributed by atoms with Crippen LogP contribution in [0.15, 0.2) is 48.1 Å². The molecule has 0 bridgehead atoms. The van der Waals surface area contributed by atoms with Gasteiger partial charge in [-0.25, -0.2) is 0 Å². The Morgan fingerprint density at radius 3 is 2.62 bits per heavy atom. The minimum Gasteiger partial charge on any atom is -0.296 e. The molecule has 1 aliphatic heterocycles. The number of hydrogen-bond acceptors (Lipinski definition) is 4. The van der Waals surface area contributed by atoms with Gasteiger partial charge in [-0.3, -0.25) is 9.47 Å². The Labute approximate surface area is 129 Å². The van der Waals surface area contributed by atoms with Crippen LogP contribution in [-0.2, 0) is 6.54 Å². The minimum absolute atomic E-state index is 0.842. The highest BCUT2D eigenvalue weighted by atomic mass is 32.2. The van der Waals surface area contributed by atoms with Crippen molar-refractivity contribution in [2.24, 2.45) is 0 Å². The van der Waals surface area contributed by atoms with Crippen LogP contribution in [0.3, 0.4) is 0 Å². The molecular weight excluding hydrogens is 280 g/mol. The molecule has 110 valence electrons. The summed E-state index contributed by atoms with van der Waals surface area (Å²) in [5.41, 5.74) is 1.13. The number of likely N-dealkylation sites (tertiary alicyclic amines) is 1. The molecule has 0 atom stereocenters. The van der Waals surface area contributed by atoms with E-state index in [0.29, 0.717) is 0 Å². The largest absolute Gasteiger partial charge is 0.296 e. The molecule has 1 aliphatic rings. The Morgan fingerprint density at radius 1 is 1.14 bits per heavy atom. The number of hydrogen-bond donors (Lipinski definition) is 0. The Bertz CT molecular complexity index is 588. The topological polar surface area (TPSA) is 34.0 Å². The number of para-hydroxylation sites is 1. The monoisotopic (exact) mass is 300 g/mol. The van der Waals surface area contributed by atoms with Crippen molar-refractivity contribution < 1.29 is 0 Å². The van der Waals surface area contributed by atoms with E-state index in [1.165, 1.54) is 12.8 Å². The quantitative estimate of drug-likeness (QED) is 0.606. The van der Waals surface area contributed by atoms with Crippen LogP contribution < -0.4 is 0 Å². The summed E-state index contributed by atoms with van der Waals surface area (Å²) in [5.74, 6) is 1.86. The summed E-state index contributed by atoms with van der Waals surface area (Å²) in [6, 6.07) is 10.3. The second-order valence-electron chi connectivity index (χ2n) is 5.15. The molecule has 0 amide bonds. The van der Waals surface area contributed by atoms with Gasteiger partial charge < -0.3 is 0 Å². The van der Waals surface area contributed by atoms with Crippen LogP contribution in [-0.4, -0.2) is 38.5 Å². The SMILES string of the molecule is C=CCSc1nnc(CN2CCCC2)n1-c1ccccc1. The predicted octanol–water partition coefficient (Wildman–Crippen LogP) is 3.14. The van der Waals surface area contributed by atoms with Crippen LogP contribution in [0.1, 0.15) is 18.7 Å². The van der Waals surface area contributed by atoms with Gasteiger partial charge in [0.25, 0.3) is 0 Å². The van der Waals surface area contributed by atoms with Crippen molar-refractivity contribution in [1.29, 1.82) is 0 Å². The number of thioether (sulfide) groups is 1. The van der Waals surface area contributed by atoms with Crippen molar-refractivity contribution in [3.63, 3.8) is 0 Å². The van der Waals surface area contributed by atoms with E-state index in [4.69, 9.17) is 0 Å². The standard InChI is InChI=1S/C16H20N4S/c1-2-12-21-16-18-17-15(13-19-10-6-7-11-19)20(16)14-8-4-3-5-9-14/h2-5,8-9H,1,6-7,10-13H2. The van der Waals surface area contributed by atoms with E-state index in [9.17, 15) is 0 Å². The molecular formula is C16H20N4S. The van der Waals surface area contributed by atoms with Crippen molar-refractivity contribution in [1.82, 2.24) is 19.7 Å². The van der Waals surface area contributed by atoms with Gasteiger partial charge in [-0.2, -0.15) is 0 Å². The molecule has 2 heterocycles. The van der Waals surface area contributed by atoms with Gasteiger partial charge in [0.1, 0.15) is 0 Å². The summed E-state index contributed by atoms with van der Waals surface area (Å²) in [6.07, 6.45) is 4.48. The number of rotatable bonds is 6. The van der Waals surface area contributed by atoms with Crippen molar-refractivity contribution in [2.45, 2.75) is 24.5 Å². The molecule has 0 unspecified atom stereocenters. The van der Waals surface area contributed by atoms with E-state index < -0.39 is 0 Å². The zero-order chi connectivity index (χ0) is 14.5. The summed E-state index contributed by atoms with van der Waals surface area (Å²) in [6.45, 7) is 6.98. The fourth-order valence-electron chi connectivity index (χ4n) is 2.61. The Balaban J connectivity index is 1.91. The minimum atomic E-state index is 0.842. The third-order valence-electron chi connectivity index (χ3n) is 3.61. The third kappa shape index (κ3) is 3.36. The molecule has 0 aliphatic carbocycles. The first-order chi connectivity index (χ1) is 10.4. The third-order valence-corrected chi connectivity index (χ3v) is 4.53. The Morgan fingerprint density at radius 2 is 1.90 bits per heavy atom. The van der Waals surface area contributed by atoms with E-state index in [0.717, 1.165) is 42.1 Å². The van der Waals surface area contributed by atoms with Gasteiger partial charge in [0.2, 0.25) is 0 Å². The first-order valence-electron chi connectivity index (χ1n) is 7.34. The smallest absolute Gasteiger partial charge is 0.196 e. The predicted molar refractivity (Wildman–Crippen MR) is 86.8 cm³/mol. The van der Waals surface area contributed by atoms with E-state index in [1.807, 2.05) is 12.1 Å². The fraction of sp³-hybridized carbons (Fsp3) is 0.375. The molecule has 0 N–H and O–H groups in total. The fourth-order valence-corrected chi connectivity index (χ4v) is 3.31. The summed E-state index contributed by atoms with van der Waals surface area (Å²) in [4.78, 5) is 2.45. The average molecular weight is 300 g/mol. The highest BCUT2D eigenvalue weighted by Gasteiger charge is 2.18. The van der Waals surface area contributed by atoms with Gasteiger partial charge in [-0.1, -0.05) is 36.0 Å². The average Bonchev–Trinajstić information content (AvgIpc) is 3.16. The number of benzene rings is 1. The molecule has 3 rings (SSSR count). The van der Waals surface area contributed by atoms with Gasteiger partial charge in [0.05, 0.1) is 6.54 Å². The van der Waals surface area contributed by atoms with Crippen molar-refractivity contribution in [2.75, 3.05) is 18.8 Å². The van der Waals surface area contributed by atoms with Crippen LogP contribution in [0, 0.1) is 0 Å². The van der Waals surface area contributed by atoms with Crippen LogP contribution in [0.5, 0.6) is 0 Å². The van der Waals surface area contributed by atoms with Gasteiger partial charge in [0.15, 0.2) is 11.0 Å². The lowest BCUT2D eigenvalue weighted by atomic mass is 10.3. The maximum atomic E-state index is 4.43. The van der Waals surface area contributed by atoms with Gasteiger partial charge >= 0.3 is 0 Å². The first-order valence-corrected chi connectivity index (χ1v) is 8.33. The molecule has 1 aromatic heterocycles. The highest BCUT2D eigenvalue weighted by molar-refractivity contribution is 7.99. The van der Waals surface area contributed by atoms with Crippen LogP contribution in [0.25, 0.3) is 5.69 Å². The highest BCUT2D eigenvalue weighted by Crippen LogP contribution is 2.23. The molecule has 0 saturated carbocycles. The Kier molecular flexibility index (Phi) is 4.72. The number of nitrogens with zero attached hydrogens (tertiary/aromatic N) is 4. The molecule has 1 aromatic carbocycles. The zero-order valence-corrected chi connectivity index (χ0v) is 12.9. The molecule has 0 spiro atoms. The van der Waals surface area contributed by atoms with Crippen molar-refractivity contribution >= 4 is 11.8 Å². The van der Waals surface area contributed by atoms with Crippen molar-refractivity contribution in [3.8, 4) is 5.69 Å². The number of aromatic nitrogens is 3. The molecule has 2 aromatic rings.